The monoisotopic (exact) mass is 217 g/mol. The predicted octanol–water partition coefficient (Wildman–Crippen LogP) is 1.50. The van der Waals surface area contributed by atoms with E-state index in [0.717, 1.165) is 13.0 Å². The molecule has 15 heavy (non-hydrogen) atoms. The molecule has 2 N–H and O–H groups in total. The van der Waals surface area contributed by atoms with Crippen LogP contribution in [0.1, 0.15) is 33.6 Å². The molecule has 0 radical (unpaired) electrons. The third kappa shape index (κ3) is 8.39. The quantitative estimate of drug-likeness (QED) is 0.575. The number of hydrogen-bond acceptors (Lipinski definition) is 3. The number of carbonyl (C=O) groups is 1. The molecule has 0 rings (SSSR count). The Labute approximate surface area is 92.0 Å². The molecule has 0 fully saturated rings. The Bertz CT molecular complexity index is 171. The van der Waals surface area contributed by atoms with Crippen molar-refractivity contribution < 1.29 is 14.6 Å². The van der Waals surface area contributed by atoms with Crippen molar-refractivity contribution in [2.75, 3.05) is 19.8 Å². The van der Waals surface area contributed by atoms with Crippen LogP contribution >= 0.6 is 0 Å². The van der Waals surface area contributed by atoms with Gasteiger partial charge in [-0.2, -0.15) is 0 Å². The summed E-state index contributed by atoms with van der Waals surface area (Å²) in [6, 6.07) is -0.449. The zero-order valence-corrected chi connectivity index (χ0v) is 9.95. The van der Waals surface area contributed by atoms with E-state index in [-0.39, 0.29) is 0 Å². The van der Waals surface area contributed by atoms with Crippen molar-refractivity contribution in [3.63, 3.8) is 0 Å². The van der Waals surface area contributed by atoms with Gasteiger partial charge in [-0.25, -0.2) is 0 Å². The fraction of sp³-hybridized carbons (Fsp3) is 0.909. The van der Waals surface area contributed by atoms with Crippen LogP contribution in [-0.2, 0) is 9.53 Å². The summed E-state index contributed by atoms with van der Waals surface area (Å²) in [5.41, 5.74) is 0. The van der Waals surface area contributed by atoms with E-state index in [9.17, 15) is 4.79 Å². The van der Waals surface area contributed by atoms with Crippen molar-refractivity contribution in [3.8, 4) is 0 Å². The van der Waals surface area contributed by atoms with Crippen LogP contribution in [0.2, 0.25) is 0 Å². The summed E-state index contributed by atoms with van der Waals surface area (Å²) in [5.74, 6) is -0.394. The van der Waals surface area contributed by atoms with Gasteiger partial charge >= 0.3 is 5.97 Å². The fourth-order valence-corrected chi connectivity index (χ4v) is 1.29. The summed E-state index contributed by atoms with van der Waals surface area (Å²) < 4.78 is 5.26. The molecule has 0 spiro atoms. The highest BCUT2D eigenvalue weighted by atomic mass is 16.5. The summed E-state index contributed by atoms with van der Waals surface area (Å²) >= 11 is 0. The largest absolute Gasteiger partial charge is 0.480 e. The Morgan fingerprint density at radius 2 is 2.07 bits per heavy atom. The number of ether oxygens (including phenoxy) is 1. The highest BCUT2D eigenvalue weighted by Crippen LogP contribution is 2.04. The number of aliphatic carboxylic acids is 1. The van der Waals surface area contributed by atoms with Crippen LogP contribution in [0, 0.1) is 5.92 Å². The number of rotatable bonds is 9. The fourth-order valence-electron chi connectivity index (χ4n) is 1.29. The average Bonchev–Trinajstić information content (AvgIpc) is 2.15. The molecule has 4 nitrogen and oxygen atoms in total. The van der Waals surface area contributed by atoms with Gasteiger partial charge in [0.2, 0.25) is 0 Å². The molecule has 0 amide bonds. The Hall–Kier alpha value is -0.610. The maximum Gasteiger partial charge on any atom is 0.320 e. The highest BCUT2D eigenvalue weighted by molar-refractivity contribution is 5.73. The molecule has 1 atom stereocenters. The summed E-state index contributed by atoms with van der Waals surface area (Å²) in [6.07, 6.45) is 1.65. The normalized spacial score (nSPS) is 13.1. The van der Waals surface area contributed by atoms with E-state index in [2.05, 4.69) is 5.32 Å². The molecule has 1 unspecified atom stereocenters. The van der Waals surface area contributed by atoms with Gasteiger partial charge in [-0.3, -0.25) is 4.79 Å². The predicted molar refractivity (Wildman–Crippen MR) is 60.0 cm³/mol. The molecule has 4 heteroatoms. The third-order valence-electron chi connectivity index (χ3n) is 1.99. The second-order valence-corrected chi connectivity index (χ2v) is 4.09. The second-order valence-electron chi connectivity index (χ2n) is 4.09. The van der Waals surface area contributed by atoms with Crippen LogP contribution in [0.15, 0.2) is 0 Å². The number of carboxylic acid groups (broad SMARTS) is 1. The first-order valence-corrected chi connectivity index (χ1v) is 5.61. The van der Waals surface area contributed by atoms with Crippen LogP contribution < -0.4 is 5.32 Å². The molecule has 0 heterocycles. The lowest BCUT2D eigenvalue weighted by atomic mass is 10.0. The zero-order valence-electron chi connectivity index (χ0n) is 9.95. The van der Waals surface area contributed by atoms with E-state index in [1.807, 2.05) is 20.8 Å². The standard InChI is InChI=1S/C11H23NO3/c1-4-6-15-7-5-12-10(11(13)14)8-9(2)3/h9-10,12H,4-8H2,1-3H3,(H,13,14). The molecular formula is C11H23NO3. The van der Waals surface area contributed by atoms with E-state index in [1.165, 1.54) is 0 Å². The number of nitrogens with one attached hydrogen (secondary N) is 1. The minimum Gasteiger partial charge on any atom is -0.480 e. The molecule has 0 bridgehead atoms. The summed E-state index contributed by atoms with van der Waals surface area (Å²) in [5, 5.41) is 11.9. The topological polar surface area (TPSA) is 58.6 Å². The Balaban J connectivity index is 3.62. The molecule has 0 aromatic rings. The van der Waals surface area contributed by atoms with Crippen LogP contribution in [0.25, 0.3) is 0 Å². The van der Waals surface area contributed by atoms with E-state index in [0.29, 0.717) is 25.5 Å². The average molecular weight is 217 g/mol. The smallest absolute Gasteiger partial charge is 0.320 e. The molecule has 0 aliphatic carbocycles. The van der Waals surface area contributed by atoms with Crippen molar-refractivity contribution in [3.05, 3.63) is 0 Å². The van der Waals surface area contributed by atoms with Gasteiger partial charge in [0, 0.05) is 13.2 Å². The van der Waals surface area contributed by atoms with Crippen LogP contribution in [0.5, 0.6) is 0 Å². The lowest BCUT2D eigenvalue weighted by molar-refractivity contribution is -0.140. The molecule has 0 aromatic carbocycles. The summed E-state index contributed by atoms with van der Waals surface area (Å²) in [6.45, 7) is 8.01. The van der Waals surface area contributed by atoms with Gasteiger partial charge in [-0.1, -0.05) is 20.8 Å². The third-order valence-corrected chi connectivity index (χ3v) is 1.99. The van der Waals surface area contributed by atoms with Gasteiger partial charge < -0.3 is 15.2 Å². The van der Waals surface area contributed by atoms with Gasteiger partial charge in [0.15, 0.2) is 0 Å². The summed E-state index contributed by atoms with van der Waals surface area (Å²) in [7, 11) is 0. The first kappa shape index (κ1) is 14.4. The lowest BCUT2D eigenvalue weighted by Gasteiger charge is -2.16. The molecule has 0 aliphatic rings. The molecule has 0 saturated heterocycles. The minimum absolute atomic E-state index is 0.384. The van der Waals surface area contributed by atoms with Crippen molar-refractivity contribution in [1.82, 2.24) is 5.32 Å². The maximum atomic E-state index is 10.9. The van der Waals surface area contributed by atoms with Crippen LogP contribution in [0.4, 0.5) is 0 Å². The first-order chi connectivity index (χ1) is 7.07. The number of carboxylic acids is 1. The molecule has 0 saturated carbocycles. The van der Waals surface area contributed by atoms with Crippen molar-refractivity contribution in [2.45, 2.75) is 39.7 Å². The van der Waals surface area contributed by atoms with E-state index in [4.69, 9.17) is 9.84 Å². The van der Waals surface area contributed by atoms with Gasteiger partial charge in [0.05, 0.1) is 6.61 Å². The van der Waals surface area contributed by atoms with Crippen molar-refractivity contribution >= 4 is 5.97 Å². The van der Waals surface area contributed by atoms with Crippen LogP contribution in [-0.4, -0.2) is 36.9 Å². The zero-order chi connectivity index (χ0) is 11.7. The second kappa shape index (κ2) is 8.68. The summed E-state index contributed by atoms with van der Waals surface area (Å²) in [4.78, 5) is 10.9. The Morgan fingerprint density at radius 3 is 2.53 bits per heavy atom. The SMILES string of the molecule is CCCOCCNC(CC(C)C)C(=O)O. The Kier molecular flexibility index (Phi) is 8.33. The highest BCUT2D eigenvalue weighted by Gasteiger charge is 2.17. The molecule has 90 valence electrons. The lowest BCUT2D eigenvalue weighted by Crippen LogP contribution is -2.39. The number of hydrogen-bond donors (Lipinski definition) is 2. The van der Waals surface area contributed by atoms with E-state index >= 15 is 0 Å². The van der Waals surface area contributed by atoms with Gasteiger partial charge in [-0.05, 0) is 18.8 Å². The first-order valence-electron chi connectivity index (χ1n) is 5.61. The molecular weight excluding hydrogens is 194 g/mol. The minimum atomic E-state index is -0.779. The molecule has 0 aromatic heterocycles. The van der Waals surface area contributed by atoms with Gasteiger partial charge in [0.25, 0.3) is 0 Å². The van der Waals surface area contributed by atoms with Crippen molar-refractivity contribution in [1.29, 1.82) is 0 Å². The van der Waals surface area contributed by atoms with Gasteiger partial charge in [0.1, 0.15) is 6.04 Å². The van der Waals surface area contributed by atoms with Gasteiger partial charge in [-0.15, -0.1) is 0 Å². The van der Waals surface area contributed by atoms with E-state index < -0.39 is 12.0 Å². The maximum absolute atomic E-state index is 10.9. The molecule has 0 aliphatic heterocycles. The van der Waals surface area contributed by atoms with Crippen LogP contribution in [0.3, 0.4) is 0 Å². The Morgan fingerprint density at radius 1 is 1.40 bits per heavy atom. The van der Waals surface area contributed by atoms with Crippen molar-refractivity contribution in [2.24, 2.45) is 5.92 Å². The van der Waals surface area contributed by atoms with E-state index in [1.54, 1.807) is 0 Å².